The van der Waals surface area contributed by atoms with Crippen molar-refractivity contribution in [3.8, 4) is 5.75 Å². The van der Waals surface area contributed by atoms with Crippen molar-refractivity contribution in [1.82, 2.24) is 9.62 Å². The molecule has 144 valence electrons. The molecule has 27 heavy (non-hydrogen) atoms. The largest absolute Gasteiger partial charge is 0.495 e. The van der Waals surface area contributed by atoms with Crippen LogP contribution in [0.4, 0.5) is 0 Å². The number of amides is 1. The highest BCUT2D eigenvalue weighted by molar-refractivity contribution is 7.89. The number of benzene rings is 2. The summed E-state index contributed by atoms with van der Waals surface area (Å²) in [6.07, 6.45) is 1.69. The van der Waals surface area contributed by atoms with Gasteiger partial charge in [0, 0.05) is 18.7 Å². The first-order valence-electron chi connectivity index (χ1n) is 8.97. The average molecular weight is 388 g/mol. The lowest BCUT2D eigenvalue weighted by Gasteiger charge is -2.19. The van der Waals surface area contributed by atoms with Crippen molar-refractivity contribution in [3.05, 3.63) is 59.7 Å². The Morgan fingerprint density at radius 2 is 1.78 bits per heavy atom. The highest BCUT2D eigenvalue weighted by Gasteiger charge is 2.30. The number of rotatable bonds is 6. The lowest BCUT2D eigenvalue weighted by atomic mass is 10.1. The Labute approximate surface area is 160 Å². The molecule has 1 saturated heterocycles. The minimum atomic E-state index is -3.69. The molecule has 0 unspecified atom stereocenters. The van der Waals surface area contributed by atoms with Crippen LogP contribution in [0.25, 0.3) is 0 Å². The van der Waals surface area contributed by atoms with Crippen LogP contribution in [0.5, 0.6) is 5.75 Å². The molecule has 0 radical (unpaired) electrons. The minimum Gasteiger partial charge on any atom is -0.495 e. The van der Waals surface area contributed by atoms with Gasteiger partial charge in [0.15, 0.2) is 0 Å². The van der Waals surface area contributed by atoms with E-state index in [1.54, 1.807) is 6.07 Å². The van der Waals surface area contributed by atoms with E-state index in [9.17, 15) is 13.2 Å². The quantitative estimate of drug-likeness (QED) is 0.825. The highest BCUT2D eigenvalue weighted by atomic mass is 32.2. The van der Waals surface area contributed by atoms with Gasteiger partial charge in [-0.3, -0.25) is 4.79 Å². The predicted molar refractivity (Wildman–Crippen MR) is 103 cm³/mol. The van der Waals surface area contributed by atoms with Crippen molar-refractivity contribution >= 4 is 15.9 Å². The Hall–Kier alpha value is -2.38. The standard InChI is InChI=1S/C20H24N2O4S/c1-15(16-8-4-3-5-9-16)21-20(23)17-10-11-18(26-2)19(14-17)27(24,25)22-12-6-7-13-22/h3-5,8-11,14-15H,6-7,12-13H2,1-2H3,(H,21,23)/t15-/m0/s1. The lowest BCUT2D eigenvalue weighted by molar-refractivity contribution is 0.0939. The van der Waals surface area contributed by atoms with Crippen LogP contribution >= 0.6 is 0 Å². The summed E-state index contributed by atoms with van der Waals surface area (Å²) in [5.74, 6) is -0.0820. The van der Waals surface area contributed by atoms with Gasteiger partial charge in [0.05, 0.1) is 13.2 Å². The van der Waals surface area contributed by atoms with Gasteiger partial charge in [-0.25, -0.2) is 8.42 Å². The molecule has 0 spiro atoms. The smallest absolute Gasteiger partial charge is 0.251 e. The zero-order valence-electron chi connectivity index (χ0n) is 15.5. The first kappa shape index (κ1) is 19.4. The van der Waals surface area contributed by atoms with Crippen molar-refractivity contribution in [2.24, 2.45) is 0 Å². The number of methoxy groups -OCH3 is 1. The fourth-order valence-corrected chi connectivity index (χ4v) is 4.89. The van der Waals surface area contributed by atoms with Gasteiger partial charge in [-0.15, -0.1) is 0 Å². The monoisotopic (exact) mass is 388 g/mol. The minimum absolute atomic E-state index is 0.0342. The molecule has 3 rings (SSSR count). The summed E-state index contributed by atoms with van der Waals surface area (Å²) in [4.78, 5) is 12.7. The van der Waals surface area contributed by atoms with Gasteiger partial charge in [-0.05, 0) is 43.5 Å². The third-order valence-corrected chi connectivity index (χ3v) is 6.68. The molecule has 6 nitrogen and oxygen atoms in total. The van der Waals surface area contributed by atoms with Crippen LogP contribution in [-0.2, 0) is 10.0 Å². The van der Waals surface area contributed by atoms with Crippen molar-refractivity contribution in [1.29, 1.82) is 0 Å². The first-order chi connectivity index (χ1) is 12.9. The summed E-state index contributed by atoms with van der Waals surface area (Å²) >= 11 is 0. The maximum absolute atomic E-state index is 12.9. The fraction of sp³-hybridized carbons (Fsp3) is 0.350. The van der Waals surface area contributed by atoms with Gasteiger partial charge in [0.2, 0.25) is 10.0 Å². The van der Waals surface area contributed by atoms with E-state index in [2.05, 4.69) is 5.32 Å². The third kappa shape index (κ3) is 4.14. The molecule has 1 heterocycles. The summed E-state index contributed by atoms with van der Waals surface area (Å²) in [6.45, 7) is 2.87. The van der Waals surface area contributed by atoms with Gasteiger partial charge >= 0.3 is 0 Å². The van der Waals surface area contributed by atoms with E-state index >= 15 is 0 Å². The van der Waals surface area contributed by atoms with Gasteiger partial charge in [-0.1, -0.05) is 30.3 Å². The lowest BCUT2D eigenvalue weighted by Crippen LogP contribution is -2.29. The number of nitrogens with one attached hydrogen (secondary N) is 1. The zero-order chi connectivity index (χ0) is 19.4. The second kappa shape index (κ2) is 8.10. The summed E-state index contributed by atoms with van der Waals surface area (Å²) in [5.41, 5.74) is 1.26. The number of sulfonamides is 1. The number of hydrogen-bond acceptors (Lipinski definition) is 4. The van der Waals surface area contributed by atoms with Crippen molar-refractivity contribution in [2.75, 3.05) is 20.2 Å². The second-order valence-corrected chi connectivity index (χ2v) is 8.49. The predicted octanol–water partition coefficient (Wildman–Crippen LogP) is 2.97. The van der Waals surface area contributed by atoms with E-state index in [4.69, 9.17) is 4.74 Å². The summed E-state index contributed by atoms with van der Waals surface area (Å²) < 4.78 is 32.6. The van der Waals surface area contributed by atoms with Gasteiger partial charge in [0.25, 0.3) is 5.91 Å². The molecular formula is C20H24N2O4S. The SMILES string of the molecule is COc1ccc(C(=O)N[C@@H](C)c2ccccc2)cc1S(=O)(=O)N1CCCC1. The molecule has 2 aromatic carbocycles. The molecule has 1 N–H and O–H groups in total. The molecule has 1 aliphatic heterocycles. The number of carbonyl (C=O) groups excluding carboxylic acids is 1. The molecular weight excluding hydrogens is 364 g/mol. The molecule has 7 heteroatoms. The number of nitrogens with zero attached hydrogens (tertiary/aromatic N) is 1. The Morgan fingerprint density at radius 3 is 2.41 bits per heavy atom. The Balaban J connectivity index is 1.87. The molecule has 1 atom stereocenters. The van der Waals surface area contributed by atoms with E-state index in [1.807, 2.05) is 37.3 Å². The number of hydrogen-bond donors (Lipinski definition) is 1. The van der Waals surface area contributed by atoms with Crippen LogP contribution in [0.1, 0.15) is 41.7 Å². The van der Waals surface area contributed by atoms with Crippen molar-refractivity contribution in [2.45, 2.75) is 30.7 Å². The Kier molecular flexibility index (Phi) is 5.82. The highest BCUT2D eigenvalue weighted by Crippen LogP contribution is 2.30. The van der Waals surface area contributed by atoms with E-state index in [-0.39, 0.29) is 28.2 Å². The van der Waals surface area contributed by atoms with Gasteiger partial charge in [-0.2, -0.15) is 4.31 Å². The summed E-state index contributed by atoms with van der Waals surface area (Å²) in [5, 5.41) is 2.91. The maximum Gasteiger partial charge on any atom is 0.251 e. The third-order valence-electron chi connectivity index (χ3n) is 4.76. The molecule has 0 bridgehead atoms. The summed E-state index contributed by atoms with van der Waals surface area (Å²) in [6, 6.07) is 13.9. The first-order valence-corrected chi connectivity index (χ1v) is 10.4. The number of ether oxygens (including phenoxy) is 1. The fourth-order valence-electron chi connectivity index (χ4n) is 3.19. The van der Waals surface area contributed by atoms with Crippen LogP contribution in [-0.4, -0.2) is 38.8 Å². The molecule has 0 aromatic heterocycles. The zero-order valence-corrected chi connectivity index (χ0v) is 16.3. The van der Waals surface area contributed by atoms with Gasteiger partial charge < -0.3 is 10.1 Å². The maximum atomic E-state index is 12.9. The van der Waals surface area contributed by atoms with E-state index in [0.717, 1.165) is 18.4 Å². The second-order valence-electron chi connectivity index (χ2n) is 6.58. The van der Waals surface area contributed by atoms with Crippen LogP contribution in [0, 0.1) is 0 Å². The molecule has 0 aliphatic carbocycles. The topological polar surface area (TPSA) is 75.7 Å². The van der Waals surface area contributed by atoms with E-state index in [1.165, 1.54) is 23.5 Å². The van der Waals surface area contributed by atoms with Gasteiger partial charge in [0.1, 0.15) is 10.6 Å². The average Bonchev–Trinajstić information content (AvgIpc) is 3.23. The van der Waals surface area contributed by atoms with Crippen LogP contribution in [0.2, 0.25) is 0 Å². The van der Waals surface area contributed by atoms with E-state index < -0.39 is 10.0 Å². The van der Waals surface area contributed by atoms with Crippen molar-refractivity contribution < 1.29 is 17.9 Å². The summed E-state index contributed by atoms with van der Waals surface area (Å²) in [7, 11) is -2.26. The normalized spacial score (nSPS) is 16.1. The van der Waals surface area contributed by atoms with Crippen LogP contribution in [0.15, 0.2) is 53.4 Å². The Morgan fingerprint density at radius 1 is 1.11 bits per heavy atom. The van der Waals surface area contributed by atoms with E-state index in [0.29, 0.717) is 13.1 Å². The molecule has 0 saturated carbocycles. The molecule has 1 aliphatic rings. The van der Waals surface area contributed by atoms with Crippen LogP contribution in [0.3, 0.4) is 0 Å². The molecule has 1 fully saturated rings. The number of carbonyl (C=O) groups is 1. The molecule has 2 aromatic rings. The molecule has 1 amide bonds. The Bertz CT molecular complexity index is 907. The van der Waals surface area contributed by atoms with Crippen LogP contribution < -0.4 is 10.1 Å². The van der Waals surface area contributed by atoms with Crippen molar-refractivity contribution in [3.63, 3.8) is 0 Å².